The van der Waals surface area contributed by atoms with E-state index in [1.165, 1.54) is 21.4 Å². The van der Waals surface area contributed by atoms with Crippen LogP contribution >= 0.6 is 0 Å². The second kappa shape index (κ2) is 8.38. The first-order chi connectivity index (χ1) is 15.9. The van der Waals surface area contributed by atoms with Crippen molar-refractivity contribution in [1.82, 2.24) is 14.3 Å². The first kappa shape index (κ1) is 21.2. The monoisotopic (exact) mass is 451 g/mol. The van der Waals surface area contributed by atoms with E-state index in [1.54, 1.807) is 48.6 Å². The number of rotatable bonds is 5. The van der Waals surface area contributed by atoms with Crippen molar-refractivity contribution >= 4 is 17.6 Å². The number of hydrogen-bond donors (Lipinski definition) is 1. The van der Waals surface area contributed by atoms with E-state index in [0.717, 1.165) is 32.2 Å². The maximum atomic E-state index is 14.0. The molecular weight excluding hydrogens is 425 g/mol. The number of hydrogen-bond acceptors (Lipinski definition) is 5. The molecule has 1 amide bonds. The number of carbonyl (C=O) groups is 1. The number of amides is 1. The minimum Gasteiger partial charge on any atom is -0.441 e. The number of halogens is 1. The van der Waals surface area contributed by atoms with E-state index in [2.05, 4.69) is 10.4 Å². The topological polar surface area (TPSA) is 81.4 Å². The van der Waals surface area contributed by atoms with Crippen molar-refractivity contribution in [2.45, 2.75) is 31.3 Å². The van der Waals surface area contributed by atoms with E-state index >= 15 is 0 Å². The van der Waals surface area contributed by atoms with Gasteiger partial charge in [0.15, 0.2) is 0 Å². The Labute approximate surface area is 190 Å². The van der Waals surface area contributed by atoms with E-state index in [4.69, 9.17) is 4.74 Å². The quantitative estimate of drug-likeness (QED) is 0.640. The molecular formula is C24H26FN5O3. The van der Waals surface area contributed by atoms with Gasteiger partial charge in [0.1, 0.15) is 22.9 Å². The molecule has 0 atom stereocenters. The van der Waals surface area contributed by atoms with Crippen LogP contribution in [0.25, 0.3) is 5.69 Å². The number of para-hydroxylation sites is 1. The van der Waals surface area contributed by atoms with Crippen molar-refractivity contribution in [2.75, 3.05) is 23.3 Å². The number of carbonyl (C=O) groups excluding carboxylic acids is 1. The Morgan fingerprint density at radius 1 is 1.15 bits per heavy atom. The highest BCUT2D eigenvalue weighted by Crippen LogP contribution is 2.40. The van der Waals surface area contributed by atoms with Gasteiger partial charge >= 0.3 is 6.09 Å². The smallest absolute Gasteiger partial charge is 0.415 e. The summed E-state index contributed by atoms with van der Waals surface area (Å²) in [6.07, 6.45) is 6.48. The number of anilines is 2. The van der Waals surface area contributed by atoms with Crippen molar-refractivity contribution < 1.29 is 13.9 Å². The molecule has 2 aromatic heterocycles. The van der Waals surface area contributed by atoms with Crippen LogP contribution in [0.15, 0.2) is 59.7 Å². The molecule has 172 valence electrons. The molecule has 0 radical (unpaired) electrons. The van der Waals surface area contributed by atoms with Gasteiger partial charge in [-0.1, -0.05) is 12.1 Å². The zero-order valence-electron chi connectivity index (χ0n) is 18.4. The Kier molecular flexibility index (Phi) is 5.39. The third-order valence-electron chi connectivity index (χ3n) is 6.63. The molecule has 33 heavy (non-hydrogen) atoms. The van der Waals surface area contributed by atoms with E-state index in [-0.39, 0.29) is 17.5 Å². The lowest BCUT2D eigenvalue weighted by Gasteiger charge is -2.35. The number of aryl methyl sites for hydroxylation is 1. The Balaban J connectivity index is 1.16. The average Bonchev–Trinajstić information content (AvgIpc) is 3.40. The maximum Gasteiger partial charge on any atom is 0.415 e. The fourth-order valence-electron chi connectivity index (χ4n) is 4.67. The standard InChI is InChI=1S/C24H26FN5O3/c1-28-15-18(6-7-22(28)31)29-16-24(33-23(29)32)11-8-17(9-12-24)14-26-21-10-13-30(27-21)20-5-3-2-4-19(20)25/h2-7,10,13,15,17H,8-9,11-12,14,16H2,1H3,(H,26,27)/t17-,24-. The Morgan fingerprint density at radius 2 is 1.94 bits per heavy atom. The molecule has 8 nitrogen and oxygen atoms in total. The molecule has 1 N–H and O–H groups in total. The lowest BCUT2D eigenvalue weighted by molar-refractivity contribution is 0.0148. The molecule has 1 saturated carbocycles. The predicted molar refractivity (Wildman–Crippen MR) is 122 cm³/mol. The molecule has 1 aromatic carbocycles. The number of ether oxygens (including phenoxy) is 1. The molecule has 1 saturated heterocycles. The first-order valence-electron chi connectivity index (χ1n) is 11.1. The van der Waals surface area contributed by atoms with Gasteiger partial charge in [-0.25, -0.2) is 13.9 Å². The van der Waals surface area contributed by atoms with Crippen LogP contribution in [-0.2, 0) is 11.8 Å². The molecule has 3 heterocycles. The van der Waals surface area contributed by atoms with Crippen LogP contribution in [0.5, 0.6) is 0 Å². The summed E-state index contributed by atoms with van der Waals surface area (Å²) in [7, 11) is 1.67. The van der Waals surface area contributed by atoms with Crippen LogP contribution in [0.4, 0.5) is 20.7 Å². The third kappa shape index (κ3) is 4.22. The maximum absolute atomic E-state index is 14.0. The summed E-state index contributed by atoms with van der Waals surface area (Å²) in [6, 6.07) is 11.5. The highest BCUT2D eigenvalue weighted by atomic mass is 19.1. The van der Waals surface area contributed by atoms with E-state index in [9.17, 15) is 14.0 Å². The molecule has 2 aliphatic rings. The average molecular weight is 452 g/mol. The van der Waals surface area contributed by atoms with E-state index < -0.39 is 5.60 Å². The Morgan fingerprint density at radius 3 is 2.70 bits per heavy atom. The highest BCUT2D eigenvalue weighted by Gasteiger charge is 2.47. The number of aromatic nitrogens is 3. The van der Waals surface area contributed by atoms with Crippen LogP contribution < -0.4 is 15.8 Å². The lowest BCUT2D eigenvalue weighted by atomic mass is 9.78. The molecule has 1 spiro atoms. The number of nitrogens with one attached hydrogen (secondary N) is 1. The van der Waals surface area contributed by atoms with Gasteiger partial charge in [0.25, 0.3) is 0 Å². The van der Waals surface area contributed by atoms with Crippen LogP contribution in [0, 0.1) is 11.7 Å². The molecule has 2 fully saturated rings. The zero-order valence-corrected chi connectivity index (χ0v) is 18.4. The number of nitrogens with zero attached hydrogens (tertiary/aromatic N) is 4. The summed E-state index contributed by atoms with van der Waals surface area (Å²) >= 11 is 0. The van der Waals surface area contributed by atoms with Gasteiger partial charge in [0, 0.05) is 38.1 Å². The lowest BCUT2D eigenvalue weighted by Crippen LogP contribution is -2.39. The van der Waals surface area contributed by atoms with Crippen molar-refractivity contribution in [1.29, 1.82) is 0 Å². The van der Waals surface area contributed by atoms with Crippen LogP contribution in [-0.4, -0.2) is 39.1 Å². The number of pyridine rings is 1. The second-order valence-corrected chi connectivity index (χ2v) is 8.89. The van der Waals surface area contributed by atoms with Gasteiger partial charge < -0.3 is 14.6 Å². The molecule has 9 heteroatoms. The number of benzene rings is 1. The zero-order chi connectivity index (χ0) is 23.0. The summed E-state index contributed by atoms with van der Waals surface area (Å²) in [5, 5.41) is 7.78. The van der Waals surface area contributed by atoms with Gasteiger partial charge in [-0.2, -0.15) is 5.10 Å². The van der Waals surface area contributed by atoms with Gasteiger partial charge in [-0.05, 0) is 49.8 Å². The fourth-order valence-corrected chi connectivity index (χ4v) is 4.67. The minimum absolute atomic E-state index is 0.118. The predicted octanol–water partition coefficient (Wildman–Crippen LogP) is 3.71. The third-order valence-corrected chi connectivity index (χ3v) is 6.63. The van der Waals surface area contributed by atoms with Crippen molar-refractivity contribution in [3.8, 4) is 5.69 Å². The first-order valence-corrected chi connectivity index (χ1v) is 11.1. The fraction of sp³-hybridized carbons (Fsp3) is 0.375. The molecule has 5 rings (SSSR count). The summed E-state index contributed by atoms with van der Waals surface area (Å²) in [4.78, 5) is 25.8. The molecule has 1 aliphatic heterocycles. The summed E-state index contributed by atoms with van der Waals surface area (Å²) in [5.74, 6) is 0.814. The SMILES string of the molecule is Cn1cc(N2C[C@]3(CC[C@@H](CNc4ccn(-c5ccccc5F)n4)CC3)OC2=O)ccc1=O. The normalized spacial score (nSPS) is 22.5. The van der Waals surface area contributed by atoms with Gasteiger partial charge in [-0.3, -0.25) is 9.69 Å². The van der Waals surface area contributed by atoms with Gasteiger partial charge in [0.05, 0.1) is 12.2 Å². The molecule has 1 aliphatic carbocycles. The summed E-state index contributed by atoms with van der Waals surface area (Å²) in [6.45, 7) is 1.25. The molecule has 3 aromatic rings. The Hall–Kier alpha value is -3.62. The highest BCUT2D eigenvalue weighted by molar-refractivity contribution is 5.90. The van der Waals surface area contributed by atoms with Crippen molar-refractivity contribution in [3.05, 3.63) is 71.0 Å². The van der Waals surface area contributed by atoms with E-state index in [0.29, 0.717) is 29.7 Å². The molecule has 0 unspecified atom stereocenters. The second-order valence-electron chi connectivity index (χ2n) is 8.89. The van der Waals surface area contributed by atoms with Gasteiger partial charge in [-0.15, -0.1) is 0 Å². The minimum atomic E-state index is -0.477. The van der Waals surface area contributed by atoms with Crippen LogP contribution in [0.2, 0.25) is 0 Å². The van der Waals surface area contributed by atoms with Crippen LogP contribution in [0.3, 0.4) is 0 Å². The van der Waals surface area contributed by atoms with Gasteiger partial charge in [0.2, 0.25) is 5.56 Å². The van der Waals surface area contributed by atoms with E-state index in [1.807, 2.05) is 6.07 Å². The van der Waals surface area contributed by atoms with Crippen molar-refractivity contribution in [3.63, 3.8) is 0 Å². The molecule has 0 bridgehead atoms. The largest absolute Gasteiger partial charge is 0.441 e. The summed E-state index contributed by atoms with van der Waals surface area (Å²) < 4.78 is 22.8. The Bertz CT molecular complexity index is 1230. The van der Waals surface area contributed by atoms with Crippen molar-refractivity contribution in [2.24, 2.45) is 13.0 Å². The summed E-state index contributed by atoms with van der Waals surface area (Å²) in [5.41, 5.74) is 0.492. The van der Waals surface area contributed by atoms with Crippen LogP contribution in [0.1, 0.15) is 25.7 Å².